The minimum atomic E-state index is -0.568. The standard InChI is InChI=1S/C23H26N2O5S/c1-29-18-9-7-8-17(14-18)24-21(26)16-31-20-11-4-3-10-19(20)23(28)30-15-22(27)25-12-5-2-6-13-25/h3-4,7-11,14H,2,5-6,12-13,15-16H2,1H3,(H,24,26). The number of carbonyl (C=O) groups excluding carboxylic acids is 3. The maximum Gasteiger partial charge on any atom is 0.339 e. The van der Waals surface area contributed by atoms with E-state index in [0.717, 1.165) is 19.3 Å². The monoisotopic (exact) mass is 442 g/mol. The Morgan fingerprint density at radius 2 is 1.81 bits per heavy atom. The zero-order valence-electron chi connectivity index (χ0n) is 17.5. The van der Waals surface area contributed by atoms with Gasteiger partial charge in [-0.2, -0.15) is 0 Å². The molecular formula is C23H26N2O5S. The van der Waals surface area contributed by atoms with Crippen molar-refractivity contribution >= 4 is 35.2 Å². The summed E-state index contributed by atoms with van der Waals surface area (Å²) in [5, 5.41) is 2.81. The zero-order chi connectivity index (χ0) is 22.1. The van der Waals surface area contributed by atoms with Gasteiger partial charge in [-0.05, 0) is 43.5 Å². The first-order valence-corrected chi connectivity index (χ1v) is 11.2. The highest BCUT2D eigenvalue weighted by molar-refractivity contribution is 8.00. The first-order valence-electron chi connectivity index (χ1n) is 10.2. The summed E-state index contributed by atoms with van der Waals surface area (Å²) in [5.74, 6) is -0.175. The zero-order valence-corrected chi connectivity index (χ0v) is 18.3. The minimum absolute atomic E-state index is 0.119. The molecule has 1 heterocycles. The van der Waals surface area contributed by atoms with Crippen LogP contribution in [0.5, 0.6) is 5.75 Å². The first kappa shape index (κ1) is 22.7. The van der Waals surface area contributed by atoms with Gasteiger partial charge in [0.15, 0.2) is 6.61 Å². The number of anilines is 1. The Hall–Kier alpha value is -3.00. The first-order chi connectivity index (χ1) is 15.1. The molecule has 164 valence electrons. The van der Waals surface area contributed by atoms with Crippen molar-refractivity contribution in [1.82, 2.24) is 4.90 Å². The van der Waals surface area contributed by atoms with Crippen molar-refractivity contribution in [2.45, 2.75) is 24.2 Å². The Labute approximate surface area is 186 Å². The van der Waals surface area contributed by atoms with E-state index < -0.39 is 5.97 Å². The molecule has 3 rings (SSSR count). The average molecular weight is 443 g/mol. The Morgan fingerprint density at radius 1 is 1.03 bits per heavy atom. The number of hydrogen-bond donors (Lipinski definition) is 1. The molecule has 2 aromatic carbocycles. The summed E-state index contributed by atoms with van der Waals surface area (Å²) in [4.78, 5) is 39.5. The van der Waals surface area contributed by atoms with Crippen LogP contribution in [0.2, 0.25) is 0 Å². The number of carbonyl (C=O) groups is 3. The lowest BCUT2D eigenvalue weighted by molar-refractivity contribution is -0.135. The van der Waals surface area contributed by atoms with Gasteiger partial charge in [0.2, 0.25) is 5.91 Å². The third-order valence-electron chi connectivity index (χ3n) is 4.85. The van der Waals surface area contributed by atoms with Gasteiger partial charge in [-0.25, -0.2) is 4.79 Å². The van der Waals surface area contributed by atoms with Crippen molar-refractivity contribution in [1.29, 1.82) is 0 Å². The average Bonchev–Trinajstić information content (AvgIpc) is 2.81. The van der Waals surface area contributed by atoms with E-state index in [0.29, 0.717) is 35.0 Å². The molecule has 2 amide bonds. The number of benzene rings is 2. The number of methoxy groups -OCH3 is 1. The minimum Gasteiger partial charge on any atom is -0.497 e. The van der Waals surface area contributed by atoms with Gasteiger partial charge < -0.3 is 19.7 Å². The molecule has 1 N–H and O–H groups in total. The summed E-state index contributed by atoms with van der Waals surface area (Å²) in [5.41, 5.74) is 0.974. The van der Waals surface area contributed by atoms with E-state index in [-0.39, 0.29) is 24.2 Å². The number of ether oxygens (including phenoxy) is 2. The van der Waals surface area contributed by atoms with Crippen LogP contribution < -0.4 is 10.1 Å². The maximum atomic E-state index is 12.5. The second kappa shape index (κ2) is 11.4. The predicted octanol–water partition coefficient (Wildman–Crippen LogP) is 3.60. The van der Waals surface area contributed by atoms with E-state index in [1.807, 2.05) is 0 Å². The Bertz CT molecular complexity index is 928. The van der Waals surface area contributed by atoms with Gasteiger partial charge >= 0.3 is 5.97 Å². The fourth-order valence-corrected chi connectivity index (χ4v) is 4.08. The van der Waals surface area contributed by atoms with Crippen molar-refractivity contribution in [2.75, 3.05) is 37.9 Å². The summed E-state index contributed by atoms with van der Waals surface area (Å²) in [7, 11) is 1.56. The maximum absolute atomic E-state index is 12.5. The molecule has 1 aliphatic rings. The lowest BCUT2D eigenvalue weighted by Crippen LogP contribution is -2.38. The van der Waals surface area contributed by atoms with E-state index in [9.17, 15) is 14.4 Å². The lowest BCUT2D eigenvalue weighted by Gasteiger charge is -2.26. The molecule has 0 radical (unpaired) electrons. The van der Waals surface area contributed by atoms with E-state index >= 15 is 0 Å². The van der Waals surface area contributed by atoms with Crippen molar-refractivity contribution < 1.29 is 23.9 Å². The van der Waals surface area contributed by atoms with E-state index in [4.69, 9.17) is 9.47 Å². The number of thioether (sulfide) groups is 1. The van der Waals surface area contributed by atoms with Gasteiger partial charge in [-0.15, -0.1) is 11.8 Å². The van der Waals surface area contributed by atoms with Crippen LogP contribution in [0.3, 0.4) is 0 Å². The second-order valence-corrected chi connectivity index (χ2v) is 8.10. The smallest absolute Gasteiger partial charge is 0.339 e. The molecule has 0 atom stereocenters. The highest BCUT2D eigenvalue weighted by Crippen LogP contribution is 2.24. The Morgan fingerprint density at radius 3 is 2.58 bits per heavy atom. The van der Waals surface area contributed by atoms with Gasteiger partial charge in [-0.1, -0.05) is 18.2 Å². The summed E-state index contributed by atoms with van der Waals surface area (Å²) in [6.45, 7) is 1.16. The van der Waals surface area contributed by atoms with Crippen molar-refractivity contribution in [3.8, 4) is 5.75 Å². The highest BCUT2D eigenvalue weighted by Gasteiger charge is 2.20. The Balaban J connectivity index is 1.53. The predicted molar refractivity (Wildman–Crippen MR) is 120 cm³/mol. The molecule has 0 unspecified atom stereocenters. The fourth-order valence-electron chi connectivity index (χ4n) is 3.24. The van der Waals surface area contributed by atoms with Crippen LogP contribution >= 0.6 is 11.8 Å². The molecule has 0 spiro atoms. The van der Waals surface area contributed by atoms with Crippen LogP contribution in [0.1, 0.15) is 29.6 Å². The van der Waals surface area contributed by atoms with Crippen molar-refractivity contribution in [3.63, 3.8) is 0 Å². The third-order valence-corrected chi connectivity index (χ3v) is 5.93. The number of piperidine rings is 1. The van der Waals surface area contributed by atoms with Crippen LogP contribution in [0, 0.1) is 0 Å². The van der Waals surface area contributed by atoms with E-state index in [2.05, 4.69) is 5.32 Å². The van der Waals surface area contributed by atoms with Gasteiger partial charge in [-0.3, -0.25) is 9.59 Å². The molecule has 1 fully saturated rings. The van der Waals surface area contributed by atoms with Crippen LogP contribution in [0.25, 0.3) is 0 Å². The Kier molecular flexibility index (Phi) is 8.35. The molecule has 7 nitrogen and oxygen atoms in total. The SMILES string of the molecule is COc1cccc(NC(=O)CSc2ccccc2C(=O)OCC(=O)N2CCCCC2)c1. The summed E-state index contributed by atoms with van der Waals surface area (Å²) in [6.07, 6.45) is 3.09. The second-order valence-electron chi connectivity index (χ2n) is 7.08. The van der Waals surface area contributed by atoms with Crippen molar-refractivity contribution in [3.05, 3.63) is 54.1 Å². The summed E-state index contributed by atoms with van der Waals surface area (Å²) in [6, 6.07) is 14.0. The van der Waals surface area contributed by atoms with Gasteiger partial charge in [0.25, 0.3) is 5.91 Å². The number of rotatable bonds is 8. The lowest BCUT2D eigenvalue weighted by atomic mass is 10.1. The molecule has 0 aromatic heterocycles. The van der Waals surface area contributed by atoms with Crippen LogP contribution in [-0.4, -0.2) is 55.2 Å². The highest BCUT2D eigenvalue weighted by atomic mass is 32.2. The summed E-state index contributed by atoms with van der Waals surface area (Å²) >= 11 is 1.24. The van der Waals surface area contributed by atoms with Gasteiger partial charge in [0, 0.05) is 29.7 Å². The molecule has 1 aliphatic heterocycles. The molecule has 0 saturated carbocycles. The summed E-state index contributed by atoms with van der Waals surface area (Å²) < 4.78 is 10.4. The normalized spacial score (nSPS) is 13.4. The third kappa shape index (κ3) is 6.75. The number of nitrogens with zero attached hydrogens (tertiary/aromatic N) is 1. The van der Waals surface area contributed by atoms with Crippen molar-refractivity contribution in [2.24, 2.45) is 0 Å². The molecule has 0 aliphatic carbocycles. The van der Waals surface area contributed by atoms with Crippen LogP contribution in [-0.2, 0) is 14.3 Å². The van der Waals surface area contributed by atoms with Crippen LogP contribution in [0.4, 0.5) is 5.69 Å². The number of likely N-dealkylation sites (tertiary alicyclic amines) is 1. The molecule has 31 heavy (non-hydrogen) atoms. The van der Waals surface area contributed by atoms with Crippen LogP contribution in [0.15, 0.2) is 53.4 Å². The van der Waals surface area contributed by atoms with Gasteiger partial charge in [0.05, 0.1) is 18.4 Å². The van der Waals surface area contributed by atoms with E-state index in [1.54, 1.807) is 60.5 Å². The quantitative estimate of drug-likeness (QED) is 0.497. The number of nitrogens with one attached hydrogen (secondary N) is 1. The molecule has 2 aromatic rings. The number of amides is 2. The number of esters is 1. The number of hydrogen-bond acceptors (Lipinski definition) is 6. The van der Waals surface area contributed by atoms with Gasteiger partial charge in [0.1, 0.15) is 5.75 Å². The molecule has 8 heteroatoms. The largest absolute Gasteiger partial charge is 0.497 e. The molecular weight excluding hydrogens is 416 g/mol. The molecule has 0 bridgehead atoms. The topological polar surface area (TPSA) is 84.9 Å². The van der Waals surface area contributed by atoms with E-state index in [1.165, 1.54) is 11.8 Å². The molecule has 1 saturated heterocycles. The fraction of sp³-hybridized carbons (Fsp3) is 0.348.